The fourth-order valence-electron chi connectivity index (χ4n) is 1.76. The molecule has 2 rings (SSSR count). The number of anilines is 1. The topological polar surface area (TPSA) is 105 Å². The number of carbonyl (C=O) groups is 1. The maximum absolute atomic E-state index is 11.8. The van der Waals surface area contributed by atoms with Crippen LogP contribution in [0.4, 0.5) is 11.4 Å². The lowest BCUT2D eigenvalue weighted by Crippen LogP contribution is -2.20. The molecule has 116 valence electrons. The van der Waals surface area contributed by atoms with Crippen LogP contribution in [0.1, 0.15) is 5.56 Å². The van der Waals surface area contributed by atoms with E-state index in [2.05, 4.69) is 5.32 Å². The number of nitriles is 1. The molecule has 23 heavy (non-hydrogen) atoms. The molecule has 0 saturated heterocycles. The number of hydrogen-bond donors (Lipinski definition) is 1. The summed E-state index contributed by atoms with van der Waals surface area (Å²) in [4.78, 5) is 22.0. The third-order valence-electron chi connectivity index (χ3n) is 2.79. The minimum Gasteiger partial charge on any atom is -0.482 e. The Balaban J connectivity index is 2.02. The van der Waals surface area contributed by atoms with Gasteiger partial charge in [0.05, 0.1) is 10.5 Å². The summed E-state index contributed by atoms with van der Waals surface area (Å²) in [6, 6.07) is 12.4. The highest BCUT2D eigenvalue weighted by molar-refractivity contribution is 6.32. The van der Waals surface area contributed by atoms with E-state index in [0.717, 1.165) is 6.07 Å². The molecule has 1 amide bonds. The van der Waals surface area contributed by atoms with Gasteiger partial charge < -0.3 is 10.1 Å². The van der Waals surface area contributed by atoms with E-state index in [1.165, 1.54) is 12.1 Å². The Hall–Kier alpha value is -3.11. The molecule has 0 saturated carbocycles. The van der Waals surface area contributed by atoms with Crippen LogP contribution in [0.5, 0.6) is 5.75 Å². The van der Waals surface area contributed by atoms with E-state index in [0.29, 0.717) is 5.56 Å². The van der Waals surface area contributed by atoms with Crippen LogP contribution in [-0.2, 0) is 4.79 Å². The largest absolute Gasteiger partial charge is 0.482 e. The second-order valence-electron chi connectivity index (χ2n) is 4.37. The zero-order valence-corrected chi connectivity index (χ0v) is 12.4. The van der Waals surface area contributed by atoms with Gasteiger partial charge in [-0.25, -0.2) is 0 Å². The van der Waals surface area contributed by atoms with Crippen molar-refractivity contribution >= 4 is 28.9 Å². The monoisotopic (exact) mass is 331 g/mol. The van der Waals surface area contributed by atoms with E-state index < -0.39 is 10.8 Å². The number of halogens is 1. The van der Waals surface area contributed by atoms with Crippen molar-refractivity contribution in [1.82, 2.24) is 0 Å². The second kappa shape index (κ2) is 7.24. The number of hydrogen-bond acceptors (Lipinski definition) is 5. The predicted octanol–water partition coefficient (Wildman–Crippen LogP) is 3.14. The van der Waals surface area contributed by atoms with Gasteiger partial charge in [-0.3, -0.25) is 14.9 Å². The summed E-state index contributed by atoms with van der Waals surface area (Å²) in [5.41, 5.74) is 0.228. The molecule has 0 aromatic heterocycles. The Morgan fingerprint density at radius 2 is 2.09 bits per heavy atom. The van der Waals surface area contributed by atoms with Gasteiger partial charge >= 0.3 is 0 Å². The highest BCUT2D eigenvalue weighted by atomic mass is 35.5. The maximum atomic E-state index is 11.8. The van der Waals surface area contributed by atoms with Gasteiger partial charge in [0.25, 0.3) is 11.6 Å². The lowest BCUT2D eigenvalue weighted by atomic mass is 10.2. The van der Waals surface area contributed by atoms with Crippen molar-refractivity contribution in [3.05, 3.63) is 63.2 Å². The van der Waals surface area contributed by atoms with Gasteiger partial charge in [0, 0.05) is 11.8 Å². The quantitative estimate of drug-likeness (QED) is 0.669. The number of nitrogens with zero attached hydrogens (tertiary/aromatic N) is 2. The fourth-order valence-corrected chi connectivity index (χ4v) is 1.94. The van der Waals surface area contributed by atoms with Gasteiger partial charge in [-0.2, -0.15) is 5.26 Å². The van der Waals surface area contributed by atoms with Crippen LogP contribution in [0.15, 0.2) is 42.5 Å². The molecule has 7 nitrogen and oxygen atoms in total. The first-order valence-electron chi connectivity index (χ1n) is 6.37. The number of rotatable bonds is 5. The Morgan fingerprint density at radius 3 is 2.78 bits per heavy atom. The van der Waals surface area contributed by atoms with Crippen molar-refractivity contribution in [3.8, 4) is 11.8 Å². The van der Waals surface area contributed by atoms with Crippen LogP contribution in [-0.4, -0.2) is 17.4 Å². The van der Waals surface area contributed by atoms with Crippen molar-refractivity contribution in [3.63, 3.8) is 0 Å². The average molecular weight is 332 g/mol. The smallest absolute Gasteiger partial charge is 0.289 e. The molecule has 8 heteroatoms. The van der Waals surface area contributed by atoms with Crippen LogP contribution in [0.25, 0.3) is 0 Å². The fraction of sp³-hybridized carbons (Fsp3) is 0.0667. The van der Waals surface area contributed by atoms with E-state index >= 15 is 0 Å². The molecule has 0 radical (unpaired) electrons. The Bertz CT molecular complexity index is 802. The lowest BCUT2D eigenvalue weighted by Gasteiger charge is -2.08. The summed E-state index contributed by atoms with van der Waals surface area (Å²) in [7, 11) is 0. The molecule has 2 aromatic carbocycles. The van der Waals surface area contributed by atoms with E-state index in [9.17, 15) is 14.9 Å². The van der Waals surface area contributed by atoms with Crippen LogP contribution in [0.3, 0.4) is 0 Å². The van der Waals surface area contributed by atoms with E-state index in [1.54, 1.807) is 24.3 Å². The number of amides is 1. The van der Waals surface area contributed by atoms with Gasteiger partial charge in [-0.1, -0.05) is 23.7 Å². The molecule has 0 atom stereocenters. The summed E-state index contributed by atoms with van der Waals surface area (Å²) in [5, 5.41) is 22.2. The van der Waals surface area contributed by atoms with Crippen LogP contribution < -0.4 is 10.1 Å². The SMILES string of the molecule is N#Cc1ccccc1OCC(=O)Nc1ccc(Cl)c([N+](=O)[O-])c1. The molecule has 0 aliphatic heterocycles. The number of nitro benzene ring substituents is 1. The molecule has 1 N–H and O–H groups in total. The maximum Gasteiger partial charge on any atom is 0.289 e. The first-order valence-corrected chi connectivity index (χ1v) is 6.75. The zero-order chi connectivity index (χ0) is 16.8. The number of ether oxygens (including phenoxy) is 1. The zero-order valence-electron chi connectivity index (χ0n) is 11.7. The van der Waals surface area contributed by atoms with Crippen LogP contribution >= 0.6 is 11.6 Å². The van der Waals surface area contributed by atoms with Gasteiger partial charge in [0.15, 0.2) is 6.61 Å². The molecule has 2 aromatic rings. The molecular formula is C15H10ClN3O4. The Morgan fingerprint density at radius 1 is 1.35 bits per heavy atom. The van der Waals surface area contributed by atoms with E-state index in [-0.39, 0.29) is 28.8 Å². The molecule has 0 heterocycles. The third-order valence-corrected chi connectivity index (χ3v) is 3.11. The average Bonchev–Trinajstić information content (AvgIpc) is 2.54. The van der Waals surface area contributed by atoms with Crippen molar-refractivity contribution in [2.24, 2.45) is 0 Å². The van der Waals surface area contributed by atoms with Crippen molar-refractivity contribution in [2.75, 3.05) is 11.9 Å². The summed E-state index contributed by atoms with van der Waals surface area (Å²) < 4.78 is 5.27. The van der Waals surface area contributed by atoms with E-state index in [1.807, 2.05) is 6.07 Å². The van der Waals surface area contributed by atoms with Gasteiger partial charge in [0.1, 0.15) is 16.8 Å². The van der Waals surface area contributed by atoms with Crippen molar-refractivity contribution in [1.29, 1.82) is 5.26 Å². The van der Waals surface area contributed by atoms with E-state index in [4.69, 9.17) is 21.6 Å². The normalized spacial score (nSPS) is 9.74. The lowest BCUT2D eigenvalue weighted by molar-refractivity contribution is -0.384. The third kappa shape index (κ3) is 4.18. The number of nitrogens with one attached hydrogen (secondary N) is 1. The minimum atomic E-state index is -0.641. The number of nitro groups is 1. The molecule has 0 spiro atoms. The summed E-state index contributed by atoms with van der Waals surface area (Å²) in [5.74, 6) is -0.235. The standard InChI is InChI=1S/C15H10ClN3O4/c16-12-6-5-11(7-13(12)19(21)22)18-15(20)9-23-14-4-2-1-3-10(14)8-17/h1-7H,9H2,(H,18,20). The first kappa shape index (κ1) is 16.3. The molecule has 0 bridgehead atoms. The number of carbonyl (C=O) groups excluding carboxylic acids is 1. The van der Waals surface area contributed by atoms with Crippen molar-refractivity contribution < 1.29 is 14.5 Å². The van der Waals surface area contributed by atoms with Gasteiger partial charge in [-0.15, -0.1) is 0 Å². The summed E-state index contributed by atoms with van der Waals surface area (Å²) >= 11 is 5.69. The molecule has 0 aliphatic carbocycles. The Kier molecular flexibility index (Phi) is 5.12. The summed E-state index contributed by atoms with van der Waals surface area (Å²) in [6.45, 7) is -0.338. The van der Waals surface area contributed by atoms with Crippen LogP contribution in [0.2, 0.25) is 5.02 Å². The molecular weight excluding hydrogens is 322 g/mol. The number of benzene rings is 2. The highest BCUT2D eigenvalue weighted by Gasteiger charge is 2.14. The molecule has 0 fully saturated rings. The minimum absolute atomic E-state index is 0.0211. The first-order chi connectivity index (χ1) is 11.0. The highest BCUT2D eigenvalue weighted by Crippen LogP contribution is 2.27. The summed E-state index contributed by atoms with van der Waals surface area (Å²) in [6.07, 6.45) is 0. The molecule has 0 aliphatic rings. The van der Waals surface area contributed by atoms with Crippen LogP contribution in [0, 0.1) is 21.4 Å². The number of para-hydroxylation sites is 1. The second-order valence-corrected chi connectivity index (χ2v) is 4.78. The molecule has 0 unspecified atom stereocenters. The predicted molar refractivity (Wildman–Crippen MR) is 83.4 cm³/mol. The van der Waals surface area contributed by atoms with Crippen molar-refractivity contribution in [2.45, 2.75) is 0 Å². The Labute approximate surface area is 136 Å². The van der Waals surface area contributed by atoms with Gasteiger partial charge in [-0.05, 0) is 24.3 Å². The van der Waals surface area contributed by atoms with Gasteiger partial charge in [0.2, 0.25) is 0 Å².